The minimum absolute atomic E-state index is 0.246. The molecule has 2 aromatic carbocycles. The van der Waals surface area contributed by atoms with Crippen molar-refractivity contribution in [3.8, 4) is 5.75 Å². The number of aromatic nitrogens is 2. The van der Waals surface area contributed by atoms with Crippen molar-refractivity contribution in [1.82, 2.24) is 14.9 Å². The van der Waals surface area contributed by atoms with Crippen LogP contribution in [0.3, 0.4) is 0 Å². The third-order valence-corrected chi connectivity index (χ3v) is 6.63. The lowest BCUT2D eigenvalue weighted by Gasteiger charge is -2.15. The summed E-state index contributed by atoms with van der Waals surface area (Å²) in [6.45, 7) is 8.92. The molecule has 0 saturated heterocycles. The van der Waals surface area contributed by atoms with Crippen molar-refractivity contribution in [3.63, 3.8) is 0 Å². The van der Waals surface area contributed by atoms with E-state index in [-0.39, 0.29) is 5.91 Å². The van der Waals surface area contributed by atoms with Crippen LogP contribution in [0.15, 0.2) is 42.5 Å². The molecular weight excluding hydrogens is 422 g/mol. The van der Waals surface area contributed by atoms with E-state index < -0.39 is 0 Å². The summed E-state index contributed by atoms with van der Waals surface area (Å²) in [7, 11) is 0. The fraction of sp³-hybridized carbons (Fsp3) is 0.517. The predicted octanol–water partition coefficient (Wildman–Crippen LogP) is 6.18. The van der Waals surface area contributed by atoms with Crippen LogP contribution in [0, 0.1) is 12.8 Å². The number of rotatable bonds is 13. The van der Waals surface area contributed by atoms with E-state index in [0.29, 0.717) is 18.4 Å². The lowest BCUT2D eigenvalue weighted by molar-refractivity contribution is -0.122. The summed E-state index contributed by atoms with van der Waals surface area (Å²) in [6, 6.07) is 14.9. The standard InChI is InChI=1S/C29H39N3O2/c1-21(2)24-16-13-22(3)20-27(24)34-19-9-18-32-26-11-7-6-10-25(26)31-28(32)12-5-4-8-17-30-29(33)23-14-15-23/h6-7,10-11,13,16,20-21,23H,4-5,8-9,12,14-15,17-19H2,1-3H3,(H,30,33). The summed E-state index contributed by atoms with van der Waals surface area (Å²) in [4.78, 5) is 16.7. The Bertz CT molecular complexity index is 1100. The Labute approximate surface area is 203 Å². The number of benzene rings is 2. The lowest BCUT2D eigenvalue weighted by Crippen LogP contribution is -2.25. The van der Waals surface area contributed by atoms with Gasteiger partial charge in [0.2, 0.25) is 5.91 Å². The number of carbonyl (C=O) groups is 1. The zero-order chi connectivity index (χ0) is 23.9. The van der Waals surface area contributed by atoms with E-state index in [2.05, 4.69) is 73.1 Å². The Kier molecular flexibility index (Phi) is 8.25. The molecule has 182 valence electrons. The van der Waals surface area contributed by atoms with Gasteiger partial charge in [0.25, 0.3) is 0 Å². The van der Waals surface area contributed by atoms with Crippen molar-refractivity contribution < 1.29 is 9.53 Å². The third kappa shape index (κ3) is 6.40. The number of imidazole rings is 1. The van der Waals surface area contributed by atoms with Crippen LogP contribution in [-0.4, -0.2) is 28.6 Å². The fourth-order valence-electron chi connectivity index (χ4n) is 4.50. The summed E-state index contributed by atoms with van der Waals surface area (Å²) in [5.74, 6) is 3.16. The summed E-state index contributed by atoms with van der Waals surface area (Å²) in [5, 5.41) is 3.06. The molecular formula is C29H39N3O2. The Hall–Kier alpha value is -2.82. The van der Waals surface area contributed by atoms with Crippen molar-refractivity contribution in [3.05, 3.63) is 59.4 Å². The Morgan fingerprint density at radius 3 is 2.74 bits per heavy atom. The van der Waals surface area contributed by atoms with Gasteiger partial charge in [0, 0.05) is 25.4 Å². The number of aryl methyl sites for hydroxylation is 3. The number of hydrogen-bond acceptors (Lipinski definition) is 3. The summed E-state index contributed by atoms with van der Waals surface area (Å²) < 4.78 is 8.60. The SMILES string of the molecule is Cc1ccc(C(C)C)c(OCCCn2c(CCCCCNC(=O)C3CC3)nc3ccccc32)c1. The monoisotopic (exact) mass is 461 g/mol. The molecule has 3 aromatic rings. The molecule has 1 amide bonds. The lowest BCUT2D eigenvalue weighted by atomic mass is 10.0. The summed E-state index contributed by atoms with van der Waals surface area (Å²) in [5.41, 5.74) is 4.77. The second-order valence-corrected chi connectivity index (χ2v) is 9.94. The molecule has 1 heterocycles. The first-order chi connectivity index (χ1) is 16.5. The van der Waals surface area contributed by atoms with Gasteiger partial charge >= 0.3 is 0 Å². The van der Waals surface area contributed by atoms with Gasteiger partial charge < -0.3 is 14.6 Å². The largest absolute Gasteiger partial charge is 0.493 e. The van der Waals surface area contributed by atoms with E-state index in [0.717, 1.165) is 75.1 Å². The van der Waals surface area contributed by atoms with Crippen molar-refractivity contribution in [2.75, 3.05) is 13.2 Å². The van der Waals surface area contributed by atoms with E-state index in [9.17, 15) is 4.79 Å². The zero-order valence-electron chi connectivity index (χ0n) is 21.0. The van der Waals surface area contributed by atoms with Gasteiger partial charge in [0.1, 0.15) is 11.6 Å². The fourth-order valence-corrected chi connectivity index (χ4v) is 4.50. The van der Waals surface area contributed by atoms with E-state index in [1.54, 1.807) is 0 Å². The van der Waals surface area contributed by atoms with Crippen molar-refractivity contribution in [1.29, 1.82) is 0 Å². The van der Waals surface area contributed by atoms with Crippen molar-refractivity contribution >= 4 is 16.9 Å². The number of ether oxygens (including phenoxy) is 1. The molecule has 1 aromatic heterocycles. The predicted molar refractivity (Wildman–Crippen MR) is 138 cm³/mol. The molecule has 1 aliphatic rings. The van der Waals surface area contributed by atoms with Crippen LogP contribution in [0.25, 0.3) is 11.0 Å². The van der Waals surface area contributed by atoms with E-state index in [4.69, 9.17) is 9.72 Å². The van der Waals surface area contributed by atoms with E-state index in [1.807, 2.05) is 0 Å². The van der Waals surface area contributed by atoms with Crippen LogP contribution < -0.4 is 10.1 Å². The summed E-state index contributed by atoms with van der Waals surface area (Å²) in [6.07, 6.45) is 7.24. The minimum Gasteiger partial charge on any atom is -0.493 e. The quantitative estimate of drug-likeness (QED) is 0.309. The van der Waals surface area contributed by atoms with Gasteiger partial charge in [0.15, 0.2) is 0 Å². The van der Waals surface area contributed by atoms with Crippen molar-refractivity contribution in [2.24, 2.45) is 5.92 Å². The number of para-hydroxylation sites is 2. The van der Waals surface area contributed by atoms with E-state index >= 15 is 0 Å². The molecule has 1 saturated carbocycles. The van der Waals surface area contributed by atoms with Gasteiger partial charge in [-0.2, -0.15) is 0 Å². The molecule has 0 unspecified atom stereocenters. The molecule has 5 heteroatoms. The average Bonchev–Trinajstić information content (AvgIpc) is 3.61. The van der Waals surface area contributed by atoms with Gasteiger partial charge in [0.05, 0.1) is 17.6 Å². The number of amides is 1. The maximum Gasteiger partial charge on any atom is 0.223 e. The first kappa shape index (κ1) is 24.3. The number of unbranched alkanes of at least 4 members (excludes halogenated alkanes) is 2. The minimum atomic E-state index is 0.246. The number of fused-ring (bicyclic) bond motifs is 1. The van der Waals surface area contributed by atoms with Gasteiger partial charge in [-0.1, -0.05) is 44.5 Å². The van der Waals surface area contributed by atoms with Crippen LogP contribution in [0.1, 0.15) is 75.2 Å². The van der Waals surface area contributed by atoms with Crippen LogP contribution in [0.4, 0.5) is 0 Å². The van der Waals surface area contributed by atoms with Crippen LogP contribution in [-0.2, 0) is 17.8 Å². The number of nitrogens with one attached hydrogen (secondary N) is 1. The molecule has 0 bridgehead atoms. The highest BCUT2D eigenvalue weighted by atomic mass is 16.5. The van der Waals surface area contributed by atoms with Crippen LogP contribution >= 0.6 is 0 Å². The summed E-state index contributed by atoms with van der Waals surface area (Å²) >= 11 is 0. The Balaban J connectivity index is 1.29. The molecule has 0 atom stereocenters. The highest BCUT2D eigenvalue weighted by Crippen LogP contribution is 2.29. The molecule has 5 nitrogen and oxygen atoms in total. The average molecular weight is 462 g/mol. The van der Waals surface area contributed by atoms with Gasteiger partial charge in [-0.3, -0.25) is 4.79 Å². The first-order valence-electron chi connectivity index (χ1n) is 13.0. The number of hydrogen-bond donors (Lipinski definition) is 1. The highest BCUT2D eigenvalue weighted by molar-refractivity contribution is 5.80. The molecule has 4 rings (SSSR count). The van der Waals surface area contributed by atoms with Gasteiger partial charge in [-0.05, 0) is 74.3 Å². The highest BCUT2D eigenvalue weighted by Gasteiger charge is 2.28. The molecule has 1 fully saturated rings. The molecule has 0 aliphatic heterocycles. The Morgan fingerprint density at radius 2 is 1.94 bits per heavy atom. The van der Waals surface area contributed by atoms with Crippen LogP contribution in [0.2, 0.25) is 0 Å². The molecule has 0 radical (unpaired) electrons. The molecule has 1 aliphatic carbocycles. The van der Waals surface area contributed by atoms with E-state index in [1.165, 1.54) is 16.6 Å². The first-order valence-corrected chi connectivity index (χ1v) is 13.0. The Morgan fingerprint density at radius 1 is 1.12 bits per heavy atom. The second kappa shape index (κ2) is 11.5. The van der Waals surface area contributed by atoms with Gasteiger partial charge in [-0.15, -0.1) is 0 Å². The normalized spacial score (nSPS) is 13.5. The number of carbonyl (C=O) groups excluding carboxylic acids is 1. The zero-order valence-corrected chi connectivity index (χ0v) is 21.0. The molecule has 34 heavy (non-hydrogen) atoms. The molecule has 0 spiro atoms. The maximum atomic E-state index is 11.8. The molecule has 1 N–H and O–H groups in total. The topological polar surface area (TPSA) is 56.1 Å². The van der Waals surface area contributed by atoms with Crippen molar-refractivity contribution in [2.45, 2.75) is 78.2 Å². The number of nitrogens with zero attached hydrogens (tertiary/aromatic N) is 2. The second-order valence-electron chi connectivity index (χ2n) is 9.94. The third-order valence-electron chi connectivity index (χ3n) is 6.63. The maximum absolute atomic E-state index is 11.8. The smallest absolute Gasteiger partial charge is 0.223 e. The van der Waals surface area contributed by atoms with Gasteiger partial charge in [-0.25, -0.2) is 4.98 Å². The van der Waals surface area contributed by atoms with Crippen LogP contribution in [0.5, 0.6) is 5.75 Å².